The van der Waals surface area contributed by atoms with Crippen molar-refractivity contribution in [1.82, 2.24) is 4.90 Å². The number of nitrogens with two attached hydrogens (primary N) is 1. The van der Waals surface area contributed by atoms with E-state index in [0.29, 0.717) is 19.6 Å². The van der Waals surface area contributed by atoms with Gasteiger partial charge < -0.3 is 20.5 Å². The molecule has 0 saturated carbocycles. The molecule has 84 valence electrons. The topological polar surface area (TPSA) is 75.8 Å². The minimum atomic E-state index is -0.543. The highest BCUT2D eigenvalue weighted by atomic mass is 16.5. The number of ether oxygens (including phenoxy) is 1. The Bertz CT molecular complexity index is 173. The maximum Gasteiger partial charge on any atom is 0.239 e. The van der Waals surface area contributed by atoms with Crippen LogP contribution in [0.1, 0.15) is 13.3 Å². The number of carbonyl (C=O) groups is 1. The molecule has 0 rings (SSSR count). The summed E-state index contributed by atoms with van der Waals surface area (Å²) >= 11 is 0. The van der Waals surface area contributed by atoms with E-state index < -0.39 is 12.1 Å². The first-order valence-electron chi connectivity index (χ1n) is 4.66. The van der Waals surface area contributed by atoms with Gasteiger partial charge in [-0.2, -0.15) is 0 Å². The fraction of sp³-hybridized carbons (Fsp3) is 0.889. The van der Waals surface area contributed by atoms with Crippen LogP contribution in [0.4, 0.5) is 0 Å². The van der Waals surface area contributed by atoms with Gasteiger partial charge in [-0.25, -0.2) is 0 Å². The number of rotatable bonds is 6. The lowest BCUT2D eigenvalue weighted by atomic mass is 10.2. The van der Waals surface area contributed by atoms with Crippen LogP contribution in [0.3, 0.4) is 0 Å². The molecule has 5 heteroatoms. The first-order chi connectivity index (χ1) is 6.49. The van der Waals surface area contributed by atoms with Crippen molar-refractivity contribution in [1.29, 1.82) is 0 Å². The van der Waals surface area contributed by atoms with Crippen molar-refractivity contribution in [2.24, 2.45) is 5.73 Å². The maximum absolute atomic E-state index is 11.5. The zero-order valence-electron chi connectivity index (χ0n) is 9.06. The highest BCUT2D eigenvalue weighted by Crippen LogP contribution is 1.97. The van der Waals surface area contributed by atoms with Crippen molar-refractivity contribution in [3.8, 4) is 0 Å². The summed E-state index contributed by atoms with van der Waals surface area (Å²) in [5.74, 6) is -0.164. The normalized spacial score (nSPS) is 14.9. The Kier molecular flexibility index (Phi) is 6.44. The van der Waals surface area contributed by atoms with Gasteiger partial charge in [0.2, 0.25) is 5.91 Å². The van der Waals surface area contributed by atoms with Gasteiger partial charge in [-0.15, -0.1) is 0 Å². The van der Waals surface area contributed by atoms with Crippen LogP contribution in [0.2, 0.25) is 0 Å². The number of aliphatic hydroxyl groups excluding tert-OH is 1. The van der Waals surface area contributed by atoms with Gasteiger partial charge in [0.15, 0.2) is 0 Å². The van der Waals surface area contributed by atoms with Crippen LogP contribution in [0, 0.1) is 0 Å². The Hall–Kier alpha value is -0.650. The van der Waals surface area contributed by atoms with Crippen LogP contribution in [0.15, 0.2) is 0 Å². The van der Waals surface area contributed by atoms with Crippen molar-refractivity contribution in [2.75, 3.05) is 27.3 Å². The summed E-state index contributed by atoms with van der Waals surface area (Å²) in [6, 6.07) is -0.543. The molecule has 0 aromatic rings. The molecule has 0 radical (unpaired) electrons. The summed E-state index contributed by atoms with van der Waals surface area (Å²) in [5.41, 5.74) is 5.63. The molecular formula is C9H20N2O3. The van der Waals surface area contributed by atoms with E-state index >= 15 is 0 Å². The molecule has 1 amide bonds. The van der Waals surface area contributed by atoms with Crippen LogP contribution in [-0.2, 0) is 9.53 Å². The molecular weight excluding hydrogens is 184 g/mol. The number of amides is 1. The summed E-state index contributed by atoms with van der Waals surface area (Å²) in [4.78, 5) is 13.0. The Morgan fingerprint density at radius 1 is 1.64 bits per heavy atom. The van der Waals surface area contributed by atoms with Crippen LogP contribution in [0.5, 0.6) is 0 Å². The molecule has 0 aliphatic carbocycles. The van der Waals surface area contributed by atoms with Crippen molar-refractivity contribution in [2.45, 2.75) is 25.5 Å². The Morgan fingerprint density at radius 3 is 2.64 bits per heavy atom. The number of carbonyl (C=O) groups excluding carboxylic acids is 1. The van der Waals surface area contributed by atoms with Crippen molar-refractivity contribution >= 4 is 5.91 Å². The number of aliphatic hydroxyl groups is 1. The number of nitrogens with zero attached hydrogens (tertiary/aromatic N) is 1. The predicted molar refractivity (Wildman–Crippen MR) is 53.8 cm³/mol. The summed E-state index contributed by atoms with van der Waals surface area (Å²) in [6.07, 6.45) is -0.0296. The summed E-state index contributed by atoms with van der Waals surface area (Å²) in [5, 5.41) is 9.07. The van der Waals surface area contributed by atoms with E-state index in [4.69, 9.17) is 15.6 Å². The third kappa shape index (κ3) is 5.16. The predicted octanol–water partition coefficient (Wildman–Crippen LogP) is -0.811. The van der Waals surface area contributed by atoms with Gasteiger partial charge in [0.05, 0.1) is 12.1 Å². The monoisotopic (exact) mass is 204 g/mol. The fourth-order valence-electron chi connectivity index (χ4n) is 1.14. The van der Waals surface area contributed by atoms with E-state index in [1.54, 1.807) is 21.1 Å². The molecule has 0 aliphatic rings. The highest BCUT2D eigenvalue weighted by Gasteiger charge is 2.18. The highest BCUT2D eigenvalue weighted by molar-refractivity contribution is 5.81. The van der Waals surface area contributed by atoms with E-state index in [1.165, 1.54) is 4.90 Å². The quantitative estimate of drug-likeness (QED) is 0.593. The lowest BCUT2D eigenvalue weighted by Crippen LogP contribution is -2.44. The molecule has 14 heavy (non-hydrogen) atoms. The molecule has 2 atom stereocenters. The summed E-state index contributed by atoms with van der Waals surface area (Å²) in [7, 11) is 3.19. The second kappa shape index (κ2) is 6.75. The molecule has 0 aromatic heterocycles. The van der Waals surface area contributed by atoms with E-state index in [0.717, 1.165) is 0 Å². The van der Waals surface area contributed by atoms with Gasteiger partial charge in [-0.3, -0.25) is 4.79 Å². The van der Waals surface area contributed by atoms with Crippen LogP contribution in [-0.4, -0.2) is 55.4 Å². The lowest BCUT2D eigenvalue weighted by Gasteiger charge is -2.22. The van der Waals surface area contributed by atoms with Crippen LogP contribution >= 0.6 is 0 Å². The third-order valence-corrected chi connectivity index (χ3v) is 1.86. The van der Waals surface area contributed by atoms with Gasteiger partial charge in [0, 0.05) is 27.3 Å². The SMILES string of the molecule is COCCC(N)C(=O)N(C)CC(C)O. The molecule has 5 nitrogen and oxygen atoms in total. The van der Waals surface area contributed by atoms with E-state index in [2.05, 4.69) is 0 Å². The summed E-state index contributed by atoms with van der Waals surface area (Å²) < 4.78 is 4.82. The molecule has 0 aliphatic heterocycles. The van der Waals surface area contributed by atoms with E-state index in [9.17, 15) is 4.79 Å². The Labute approximate surface area is 84.8 Å². The molecule has 0 fully saturated rings. The Balaban J connectivity index is 3.91. The smallest absolute Gasteiger partial charge is 0.239 e. The zero-order chi connectivity index (χ0) is 11.1. The maximum atomic E-state index is 11.5. The van der Waals surface area contributed by atoms with Crippen LogP contribution < -0.4 is 5.73 Å². The zero-order valence-corrected chi connectivity index (χ0v) is 9.06. The molecule has 0 aromatic carbocycles. The van der Waals surface area contributed by atoms with Crippen LogP contribution in [0.25, 0.3) is 0 Å². The fourth-order valence-corrected chi connectivity index (χ4v) is 1.14. The molecule has 0 heterocycles. The third-order valence-electron chi connectivity index (χ3n) is 1.86. The lowest BCUT2D eigenvalue weighted by molar-refractivity contribution is -0.132. The average Bonchev–Trinajstić information content (AvgIpc) is 2.11. The number of likely N-dealkylation sites (N-methyl/N-ethyl adjacent to an activating group) is 1. The van der Waals surface area contributed by atoms with E-state index in [-0.39, 0.29) is 5.91 Å². The van der Waals surface area contributed by atoms with Crippen molar-refractivity contribution in [3.63, 3.8) is 0 Å². The number of hydrogen-bond acceptors (Lipinski definition) is 4. The average molecular weight is 204 g/mol. The minimum Gasteiger partial charge on any atom is -0.392 e. The standard InChI is InChI=1S/C9H20N2O3/c1-7(12)6-11(2)9(13)8(10)4-5-14-3/h7-8,12H,4-6,10H2,1-3H3. The number of methoxy groups -OCH3 is 1. The summed E-state index contributed by atoms with van der Waals surface area (Å²) in [6.45, 7) is 2.40. The molecule has 2 unspecified atom stereocenters. The first kappa shape index (κ1) is 13.4. The Morgan fingerprint density at radius 2 is 2.21 bits per heavy atom. The van der Waals surface area contributed by atoms with Gasteiger partial charge in [0.1, 0.15) is 0 Å². The molecule has 0 bridgehead atoms. The number of hydrogen-bond donors (Lipinski definition) is 2. The molecule has 0 spiro atoms. The van der Waals surface area contributed by atoms with Gasteiger partial charge >= 0.3 is 0 Å². The first-order valence-corrected chi connectivity index (χ1v) is 4.66. The van der Waals surface area contributed by atoms with Crippen molar-refractivity contribution < 1.29 is 14.6 Å². The van der Waals surface area contributed by atoms with Gasteiger partial charge in [0.25, 0.3) is 0 Å². The van der Waals surface area contributed by atoms with Crippen molar-refractivity contribution in [3.05, 3.63) is 0 Å². The molecule has 3 N–H and O–H groups in total. The minimum absolute atomic E-state index is 0.164. The largest absolute Gasteiger partial charge is 0.392 e. The van der Waals surface area contributed by atoms with Gasteiger partial charge in [-0.1, -0.05) is 0 Å². The second-order valence-corrected chi connectivity index (χ2v) is 3.46. The van der Waals surface area contributed by atoms with Gasteiger partial charge in [-0.05, 0) is 13.3 Å². The second-order valence-electron chi connectivity index (χ2n) is 3.46. The molecule has 0 saturated heterocycles. The van der Waals surface area contributed by atoms with E-state index in [1.807, 2.05) is 0 Å².